The van der Waals surface area contributed by atoms with Gasteiger partial charge in [-0.15, -0.1) is 11.3 Å². The van der Waals surface area contributed by atoms with Gasteiger partial charge < -0.3 is 10.1 Å². The average molecular weight is 456 g/mol. The predicted molar refractivity (Wildman–Crippen MR) is 107 cm³/mol. The summed E-state index contributed by atoms with van der Waals surface area (Å²) in [5.41, 5.74) is -0.137. The van der Waals surface area contributed by atoms with Gasteiger partial charge in [-0.2, -0.15) is 0 Å². The Labute approximate surface area is 174 Å². The fourth-order valence-electron chi connectivity index (χ4n) is 2.39. The number of ether oxygens (including phenoxy) is 1. The molecule has 3 rings (SSSR count). The zero-order valence-electron chi connectivity index (χ0n) is 15.4. The van der Waals surface area contributed by atoms with Gasteiger partial charge in [0.25, 0.3) is 15.9 Å². The van der Waals surface area contributed by atoms with Crippen molar-refractivity contribution in [2.24, 2.45) is 0 Å². The quantitative estimate of drug-likeness (QED) is 0.545. The van der Waals surface area contributed by atoms with Gasteiger partial charge in [-0.1, -0.05) is 6.07 Å². The molecule has 11 heteroatoms. The Hall–Kier alpha value is -3.05. The van der Waals surface area contributed by atoms with Crippen LogP contribution in [0.3, 0.4) is 0 Å². The number of hydrogen-bond acceptors (Lipinski definition) is 5. The maximum atomic E-state index is 13.6. The van der Waals surface area contributed by atoms with Crippen LogP contribution in [0.15, 0.2) is 58.1 Å². The number of carbonyl (C=O) groups excluding carboxylic acids is 1. The molecule has 0 saturated heterocycles. The third kappa shape index (κ3) is 4.57. The number of nitrogens with zero attached hydrogens (tertiary/aromatic N) is 1. The number of nitrogens with one attached hydrogen (secondary N) is 1. The lowest BCUT2D eigenvalue weighted by Gasteiger charge is -2.18. The molecule has 0 aliphatic rings. The second kappa shape index (κ2) is 8.76. The maximum absolute atomic E-state index is 13.6. The van der Waals surface area contributed by atoms with E-state index in [1.54, 1.807) is 11.4 Å². The number of hydrogen-bond donors (Lipinski definition) is 1. The minimum Gasteiger partial charge on any atom is -0.484 e. The third-order valence-electron chi connectivity index (χ3n) is 3.99. The van der Waals surface area contributed by atoms with Crippen LogP contribution in [0.5, 0.6) is 5.75 Å². The van der Waals surface area contributed by atoms with E-state index in [1.807, 2.05) is 0 Å². The summed E-state index contributed by atoms with van der Waals surface area (Å²) in [4.78, 5) is 11.9. The molecule has 0 aliphatic carbocycles. The Morgan fingerprint density at radius 1 is 1.07 bits per heavy atom. The number of benzene rings is 2. The lowest BCUT2D eigenvalue weighted by molar-refractivity contribution is -0.118. The molecule has 6 nitrogen and oxygen atoms in total. The van der Waals surface area contributed by atoms with Gasteiger partial charge in [-0.05, 0) is 47.8 Å². The van der Waals surface area contributed by atoms with E-state index in [4.69, 9.17) is 4.74 Å². The molecular formula is C19H15F3N2O4S2. The second-order valence-corrected chi connectivity index (χ2v) is 9.10. The fraction of sp³-hybridized carbons (Fsp3) is 0.105. The number of amides is 1. The monoisotopic (exact) mass is 456 g/mol. The average Bonchev–Trinajstić information content (AvgIpc) is 3.28. The molecule has 1 N–H and O–H groups in total. The first-order chi connectivity index (χ1) is 14.2. The molecule has 30 heavy (non-hydrogen) atoms. The molecule has 0 atom stereocenters. The molecule has 0 fully saturated rings. The second-order valence-electron chi connectivity index (χ2n) is 5.96. The van der Waals surface area contributed by atoms with Gasteiger partial charge in [-0.3, -0.25) is 9.10 Å². The van der Waals surface area contributed by atoms with E-state index < -0.39 is 45.7 Å². The van der Waals surface area contributed by atoms with Crippen molar-refractivity contribution in [2.75, 3.05) is 23.3 Å². The maximum Gasteiger partial charge on any atom is 0.273 e. The molecule has 0 spiro atoms. The van der Waals surface area contributed by atoms with E-state index in [0.29, 0.717) is 11.8 Å². The van der Waals surface area contributed by atoms with Gasteiger partial charge in [0.15, 0.2) is 24.1 Å². The SMILES string of the molecule is CN(c1ccc(OCC(=O)Nc2ccc(F)c(F)c2F)cc1)S(=O)(=O)c1cccs1. The molecule has 1 amide bonds. The van der Waals surface area contributed by atoms with Gasteiger partial charge in [-0.25, -0.2) is 21.6 Å². The van der Waals surface area contributed by atoms with Crippen LogP contribution in [0.2, 0.25) is 0 Å². The van der Waals surface area contributed by atoms with Crippen molar-refractivity contribution in [1.82, 2.24) is 0 Å². The van der Waals surface area contributed by atoms with Gasteiger partial charge in [0, 0.05) is 7.05 Å². The standard InChI is InChI=1S/C19H15F3N2O4S2/c1-24(30(26,27)17-3-2-10-29-17)12-4-6-13(7-5-12)28-11-16(25)23-15-9-8-14(20)18(21)19(15)22/h2-10H,11H2,1H3,(H,23,25). The van der Waals surface area contributed by atoms with Gasteiger partial charge in [0.2, 0.25) is 0 Å². The van der Waals surface area contributed by atoms with E-state index in [9.17, 15) is 26.4 Å². The van der Waals surface area contributed by atoms with Crippen molar-refractivity contribution in [3.05, 3.63) is 71.4 Å². The predicted octanol–water partition coefficient (Wildman–Crippen LogP) is 4.01. The molecule has 0 bridgehead atoms. The summed E-state index contributed by atoms with van der Waals surface area (Å²) in [6.07, 6.45) is 0. The molecule has 0 radical (unpaired) electrons. The highest BCUT2D eigenvalue weighted by molar-refractivity contribution is 7.94. The molecule has 158 valence electrons. The number of anilines is 2. The van der Waals surface area contributed by atoms with E-state index in [1.165, 1.54) is 37.4 Å². The van der Waals surface area contributed by atoms with E-state index in [0.717, 1.165) is 21.7 Å². The van der Waals surface area contributed by atoms with Gasteiger partial charge >= 0.3 is 0 Å². The van der Waals surface area contributed by atoms with Crippen LogP contribution < -0.4 is 14.4 Å². The number of carbonyl (C=O) groups is 1. The fourth-order valence-corrected chi connectivity index (χ4v) is 4.75. The highest BCUT2D eigenvalue weighted by atomic mass is 32.2. The smallest absolute Gasteiger partial charge is 0.273 e. The first kappa shape index (κ1) is 21.7. The summed E-state index contributed by atoms with van der Waals surface area (Å²) in [6, 6.07) is 10.6. The van der Waals surface area contributed by atoms with Gasteiger partial charge in [0.05, 0.1) is 11.4 Å². The van der Waals surface area contributed by atoms with Crippen molar-refractivity contribution < 1.29 is 31.1 Å². The van der Waals surface area contributed by atoms with E-state index in [2.05, 4.69) is 5.32 Å². The van der Waals surface area contributed by atoms with Crippen molar-refractivity contribution in [3.8, 4) is 5.75 Å². The summed E-state index contributed by atoms with van der Waals surface area (Å²) >= 11 is 1.10. The summed E-state index contributed by atoms with van der Waals surface area (Å²) in [6.45, 7) is -0.527. The van der Waals surface area contributed by atoms with Crippen molar-refractivity contribution in [1.29, 1.82) is 0 Å². The summed E-state index contributed by atoms with van der Waals surface area (Å²) in [7, 11) is -2.27. The summed E-state index contributed by atoms with van der Waals surface area (Å²) in [5.74, 6) is -5.11. The lowest BCUT2D eigenvalue weighted by Crippen LogP contribution is -2.25. The van der Waals surface area contributed by atoms with Crippen molar-refractivity contribution >= 4 is 38.6 Å². The molecule has 3 aromatic rings. The highest BCUT2D eigenvalue weighted by Crippen LogP contribution is 2.26. The Balaban J connectivity index is 1.61. The molecular weight excluding hydrogens is 441 g/mol. The minimum atomic E-state index is -3.68. The Bertz CT molecular complexity index is 1150. The molecule has 2 aromatic carbocycles. The third-order valence-corrected chi connectivity index (χ3v) is 7.15. The molecule has 0 aliphatic heterocycles. The first-order valence-corrected chi connectivity index (χ1v) is 10.7. The summed E-state index contributed by atoms with van der Waals surface area (Å²) < 4.78 is 71.3. The lowest BCUT2D eigenvalue weighted by atomic mass is 10.3. The zero-order chi connectivity index (χ0) is 21.9. The topological polar surface area (TPSA) is 75.7 Å². The van der Waals surface area contributed by atoms with Crippen LogP contribution in [-0.4, -0.2) is 28.0 Å². The van der Waals surface area contributed by atoms with E-state index in [-0.39, 0.29) is 9.96 Å². The van der Waals surface area contributed by atoms with Crippen molar-refractivity contribution in [3.63, 3.8) is 0 Å². The Morgan fingerprint density at radius 3 is 2.40 bits per heavy atom. The van der Waals surface area contributed by atoms with Crippen LogP contribution in [0.4, 0.5) is 24.5 Å². The number of halogens is 3. The molecule has 0 saturated carbocycles. The Morgan fingerprint density at radius 2 is 1.77 bits per heavy atom. The normalized spacial score (nSPS) is 11.2. The molecule has 0 unspecified atom stereocenters. The van der Waals surface area contributed by atoms with Crippen LogP contribution in [0.1, 0.15) is 0 Å². The zero-order valence-corrected chi connectivity index (χ0v) is 17.1. The van der Waals surface area contributed by atoms with Crippen LogP contribution in [0.25, 0.3) is 0 Å². The molecule has 1 heterocycles. The first-order valence-electron chi connectivity index (χ1n) is 8.39. The number of rotatable bonds is 7. The largest absolute Gasteiger partial charge is 0.484 e. The van der Waals surface area contributed by atoms with Crippen LogP contribution in [0, 0.1) is 17.5 Å². The van der Waals surface area contributed by atoms with Crippen LogP contribution in [-0.2, 0) is 14.8 Å². The Kier molecular flexibility index (Phi) is 6.32. The summed E-state index contributed by atoms with van der Waals surface area (Å²) in [5, 5.41) is 3.74. The van der Waals surface area contributed by atoms with Gasteiger partial charge in [0.1, 0.15) is 9.96 Å². The van der Waals surface area contributed by atoms with Crippen LogP contribution >= 0.6 is 11.3 Å². The number of sulfonamides is 1. The minimum absolute atomic E-state index is 0.200. The highest BCUT2D eigenvalue weighted by Gasteiger charge is 2.22. The molecule has 1 aromatic heterocycles. The van der Waals surface area contributed by atoms with E-state index >= 15 is 0 Å². The van der Waals surface area contributed by atoms with Crippen molar-refractivity contribution in [2.45, 2.75) is 4.21 Å². The number of thiophene rings is 1.